The Kier molecular flexibility index (Phi) is 5.49. The van der Waals surface area contributed by atoms with Gasteiger partial charge in [0.05, 0.1) is 11.7 Å². The van der Waals surface area contributed by atoms with E-state index >= 15 is 0 Å². The summed E-state index contributed by atoms with van der Waals surface area (Å²) in [5.41, 5.74) is 3.71. The first-order chi connectivity index (χ1) is 13.7. The van der Waals surface area contributed by atoms with Gasteiger partial charge in [0.1, 0.15) is 0 Å². The Labute approximate surface area is 172 Å². The van der Waals surface area contributed by atoms with Gasteiger partial charge in [-0.1, -0.05) is 88.7 Å². The number of nitrogens with zero attached hydrogens (tertiary/aromatic N) is 2. The Bertz CT molecular complexity index is 1070. The van der Waals surface area contributed by atoms with Crippen LogP contribution in [-0.2, 0) is 0 Å². The Morgan fingerprint density at radius 3 is 2.32 bits per heavy atom. The van der Waals surface area contributed by atoms with Crippen molar-refractivity contribution in [3.8, 4) is 11.3 Å². The standard InChI is InChI=1S/C24H19BrN2O/c25-21-13-7-12-20(16-21)22-14-15-27(26-22)23(18-8-3-1-4-9-18)17-24(28)19-10-5-2-6-11-19/h1-16,23H,17H2. The van der Waals surface area contributed by atoms with Gasteiger partial charge in [-0.3, -0.25) is 9.48 Å². The molecule has 1 atom stereocenters. The van der Waals surface area contributed by atoms with Crippen LogP contribution >= 0.6 is 15.9 Å². The summed E-state index contributed by atoms with van der Waals surface area (Å²) < 4.78 is 2.91. The van der Waals surface area contributed by atoms with Gasteiger partial charge in [-0.25, -0.2) is 0 Å². The van der Waals surface area contributed by atoms with Crippen LogP contribution in [0.25, 0.3) is 11.3 Å². The van der Waals surface area contributed by atoms with Crippen molar-refractivity contribution >= 4 is 21.7 Å². The first kappa shape index (κ1) is 18.4. The van der Waals surface area contributed by atoms with E-state index in [0.717, 1.165) is 26.9 Å². The SMILES string of the molecule is O=C(CC(c1ccccc1)n1ccc(-c2cccc(Br)c2)n1)c1ccccc1. The predicted octanol–water partition coefficient (Wildman–Crippen LogP) is 6.18. The molecule has 4 aromatic rings. The zero-order chi connectivity index (χ0) is 19.3. The van der Waals surface area contributed by atoms with E-state index in [4.69, 9.17) is 5.10 Å². The van der Waals surface area contributed by atoms with Crippen molar-refractivity contribution in [1.29, 1.82) is 0 Å². The third-order valence-corrected chi connectivity index (χ3v) is 5.20. The number of Topliss-reactive ketones (excluding diaryl/α,β-unsaturated/α-hetero) is 1. The highest BCUT2D eigenvalue weighted by Crippen LogP contribution is 2.27. The van der Waals surface area contributed by atoms with Gasteiger partial charge in [-0.2, -0.15) is 5.10 Å². The molecule has 0 N–H and O–H groups in total. The van der Waals surface area contributed by atoms with E-state index in [0.29, 0.717) is 6.42 Å². The maximum Gasteiger partial charge on any atom is 0.165 e. The van der Waals surface area contributed by atoms with Gasteiger partial charge in [0.2, 0.25) is 0 Å². The Morgan fingerprint density at radius 2 is 1.61 bits per heavy atom. The molecule has 0 saturated heterocycles. The number of carbonyl (C=O) groups is 1. The zero-order valence-electron chi connectivity index (χ0n) is 15.2. The molecule has 0 saturated carbocycles. The van der Waals surface area contributed by atoms with Crippen molar-refractivity contribution in [2.45, 2.75) is 12.5 Å². The smallest absolute Gasteiger partial charge is 0.165 e. The van der Waals surface area contributed by atoms with Gasteiger partial charge >= 0.3 is 0 Å². The van der Waals surface area contributed by atoms with Crippen molar-refractivity contribution in [1.82, 2.24) is 9.78 Å². The molecule has 3 aromatic carbocycles. The average Bonchev–Trinajstić information content (AvgIpc) is 3.23. The molecule has 0 aliphatic rings. The summed E-state index contributed by atoms with van der Waals surface area (Å²) in [4.78, 5) is 12.9. The molecule has 1 aromatic heterocycles. The number of benzene rings is 3. The lowest BCUT2D eigenvalue weighted by Crippen LogP contribution is -2.16. The lowest BCUT2D eigenvalue weighted by molar-refractivity contribution is 0.0967. The number of rotatable bonds is 6. The van der Waals surface area contributed by atoms with Crippen LogP contribution < -0.4 is 0 Å². The number of ketones is 1. The first-order valence-corrected chi connectivity index (χ1v) is 9.94. The molecule has 1 unspecified atom stereocenters. The first-order valence-electron chi connectivity index (χ1n) is 9.15. The summed E-state index contributed by atoms with van der Waals surface area (Å²) in [5, 5.41) is 4.79. The van der Waals surface area contributed by atoms with E-state index in [1.165, 1.54) is 0 Å². The lowest BCUT2D eigenvalue weighted by atomic mass is 9.98. The molecule has 138 valence electrons. The minimum absolute atomic E-state index is 0.106. The van der Waals surface area contributed by atoms with E-state index in [9.17, 15) is 4.79 Å². The molecule has 0 radical (unpaired) electrons. The molecule has 3 nitrogen and oxygen atoms in total. The van der Waals surface area contributed by atoms with E-state index in [-0.39, 0.29) is 11.8 Å². The highest BCUT2D eigenvalue weighted by atomic mass is 79.9. The molecule has 0 aliphatic heterocycles. The largest absolute Gasteiger partial charge is 0.294 e. The average molecular weight is 431 g/mol. The van der Waals surface area contributed by atoms with Crippen LogP contribution in [0.5, 0.6) is 0 Å². The quantitative estimate of drug-likeness (QED) is 0.342. The molecule has 28 heavy (non-hydrogen) atoms. The molecule has 0 spiro atoms. The van der Waals surface area contributed by atoms with Crippen molar-refractivity contribution in [3.63, 3.8) is 0 Å². The van der Waals surface area contributed by atoms with Gasteiger partial charge in [-0.05, 0) is 23.8 Å². The van der Waals surface area contributed by atoms with Crippen LogP contribution in [0.3, 0.4) is 0 Å². The molecular weight excluding hydrogens is 412 g/mol. The lowest BCUT2D eigenvalue weighted by Gasteiger charge is -2.18. The van der Waals surface area contributed by atoms with Crippen molar-refractivity contribution in [2.75, 3.05) is 0 Å². The fraction of sp³-hybridized carbons (Fsp3) is 0.0833. The number of aromatic nitrogens is 2. The Morgan fingerprint density at radius 1 is 0.893 bits per heavy atom. The predicted molar refractivity (Wildman–Crippen MR) is 115 cm³/mol. The molecule has 1 heterocycles. The molecule has 0 bridgehead atoms. The third kappa shape index (κ3) is 4.12. The summed E-state index contributed by atoms with van der Waals surface area (Å²) in [5.74, 6) is 0.106. The van der Waals surface area contributed by atoms with E-state index in [1.54, 1.807) is 0 Å². The van der Waals surface area contributed by atoms with E-state index in [2.05, 4.69) is 15.9 Å². The summed E-state index contributed by atoms with van der Waals surface area (Å²) in [6.07, 6.45) is 2.31. The van der Waals surface area contributed by atoms with Crippen molar-refractivity contribution < 1.29 is 4.79 Å². The highest BCUT2D eigenvalue weighted by molar-refractivity contribution is 9.10. The number of hydrogen-bond donors (Lipinski definition) is 0. The minimum atomic E-state index is -0.158. The fourth-order valence-electron chi connectivity index (χ4n) is 3.27. The van der Waals surface area contributed by atoms with Gasteiger partial charge in [0.25, 0.3) is 0 Å². The number of halogens is 1. The monoisotopic (exact) mass is 430 g/mol. The normalized spacial score (nSPS) is 11.9. The molecular formula is C24H19BrN2O. The maximum absolute atomic E-state index is 12.9. The van der Waals surface area contributed by atoms with Gasteiger partial charge < -0.3 is 0 Å². The molecule has 4 heteroatoms. The topological polar surface area (TPSA) is 34.9 Å². The number of carbonyl (C=O) groups excluding carboxylic acids is 1. The van der Waals surface area contributed by atoms with Gasteiger partial charge in [-0.15, -0.1) is 0 Å². The van der Waals surface area contributed by atoms with E-state index in [1.807, 2.05) is 102 Å². The summed E-state index contributed by atoms with van der Waals surface area (Å²) in [6.45, 7) is 0. The van der Waals surface area contributed by atoms with Crippen LogP contribution in [0, 0.1) is 0 Å². The van der Waals surface area contributed by atoms with Crippen LogP contribution in [0.15, 0.2) is 102 Å². The van der Waals surface area contributed by atoms with Crippen LogP contribution in [0.1, 0.15) is 28.4 Å². The van der Waals surface area contributed by atoms with Crippen LogP contribution in [-0.4, -0.2) is 15.6 Å². The van der Waals surface area contributed by atoms with E-state index < -0.39 is 0 Å². The zero-order valence-corrected chi connectivity index (χ0v) is 16.8. The fourth-order valence-corrected chi connectivity index (χ4v) is 3.67. The van der Waals surface area contributed by atoms with Crippen molar-refractivity contribution in [2.24, 2.45) is 0 Å². The van der Waals surface area contributed by atoms with Crippen molar-refractivity contribution in [3.05, 3.63) is 113 Å². The van der Waals surface area contributed by atoms with Crippen LogP contribution in [0.4, 0.5) is 0 Å². The summed E-state index contributed by atoms with van der Waals surface area (Å²) >= 11 is 3.51. The van der Waals surface area contributed by atoms with Gasteiger partial charge in [0, 0.05) is 28.2 Å². The molecule has 0 amide bonds. The summed E-state index contributed by atoms with van der Waals surface area (Å²) in [6, 6.07) is 29.4. The highest BCUT2D eigenvalue weighted by Gasteiger charge is 2.20. The Hall–Kier alpha value is -2.98. The van der Waals surface area contributed by atoms with Gasteiger partial charge in [0.15, 0.2) is 5.78 Å². The second-order valence-electron chi connectivity index (χ2n) is 6.61. The van der Waals surface area contributed by atoms with Crippen LogP contribution in [0.2, 0.25) is 0 Å². The minimum Gasteiger partial charge on any atom is -0.294 e. The second kappa shape index (κ2) is 8.36. The molecule has 0 fully saturated rings. The molecule has 0 aliphatic carbocycles. The second-order valence-corrected chi connectivity index (χ2v) is 7.53. The third-order valence-electron chi connectivity index (χ3n) is 4.71. The number of hydrogen-bond acceptors (Lipinski definition) is 2. The Balaban J connectivity index is 1.67. The maximum atomic E-state index is 12.9. The summed E-state index contributed by atoms with van der Waals surface area (Å²) in [7, 11) is 0. The molecule has 4 rings (SSSR count).